The van der Waals surface area contributed by atoms with E-state index < -0.39 is 0 Å². The van der Waals surface area contributed by atoms with E-state index in [1.807, 2.05) is 12.1 Å². The van der Waals surface area contributed by atoms with Crippen molar-refractivity contribution >= 4 is 15.9 Å². The van der Waals surface area contributed by atoms with Crippen molar-refractivity contribution in [1.82, 2.24) is 5.32 Å². The summed E-state index contributed by atoms with van der Waals surface area (Å²) in [6, 6.07) is 19.2. The molecule has 0 aromatic heterocycles. The third-order valence-electron chi connectivity index (χ3n) is 3.68. The average molecular weight is 348 g/mol. The van der Waals surface area contributed by atoms with Crippen molar-refractivity contribution in [2.75, 3.05) is 6.61 Å². The minimum Gasteiger partial charge on any atom is -0.396 e. The van der Waals surface area contributed by atoms with E-state index >= 15 is 0 Å². The summed E-state index contributed by atoms with van der Waals surface area (Å²) >= 11 is 3.62. The Hall–Kier alpha value is -1.16. The molecule has 0 fully saturated rings. The molecule has 0 heterocycles. The van der Waals surface area contributed by atoms with E-state index in [-0.39, 0.29) is 18.7 Å². The molecule has 0 amide bonds. The zero-order valence-electron chi connectivity index (χ0n) is 12.3. The molecule has 0 saturated carbocycles. The summed E-state index contributed by atoms with van der Waals surface area (Å²) in [5.74, 6) is 0. The van der Waals surface area contributed by atoms with Gasteiger partial charge in [0.25, 0.3) is 0 Å². The second-order valence-corrected chi connectivity index (χ2v) is 6.09. The normalized spacial score (nSPS) is 13.9. The summed E-state index contributed by atoms with van der Waals surface area (Å²) in [7, 11) is 0. The minimum absolute atomic E-state index is 0.231. The van der Waals surface area contributed by atoms with E-state index in [1.165, 1.54) is 11.1 Å². The first-order valence-corrected chi connectivity index (χ1v) is 8.18. The van der Waals surface area contributed by atoms with Crippen LogP contribution in [-0.2, 0) is 0 Å². The first kappa shape index (κ1) is 16.2. The smallest absolute Gasteiger partial charge is 0.0431 e. The van der Waals surface area contributed by atoms with Crippen molar-refractivity contribution in [2.24, 2.45) is 0 Å². The van der Waals surface area contributed by atoms with Gasteiger partial charge in [0.15, 0.2) is 0 Å². The number of rotatable bonds is 7. The molecule has 3 heteroatoms. The molecule has 2 unspecified atom stereocenters. The molecule has 112 valence electrons. The van der Waals surface area contributed by atoms with Crippen LogP contribution in [0, 0.1) is 0 Å². The number of benzene rings is 2. The molecule has 0 aliphatic heterocycles. The van der Waals surface area contributed by atoms with Gasteiger partial charge in [-0.25, -0.2) is 0 Å². The van der Waals surface area contributed by atoms with Gasteiger partial charge in [-0.05, 0) is 37.0 Å². The fraction of sp³-hybridized carbons (Fsp3) is 0.333. The lowest BCUT2D eigenvalue weighted by Crippen LogP contribution is -2.25. The molecular weight excluding hydrogens is 326 g/mol. The summed E-state index contributed by atoms with van der Waals surface area (Å²) in [4.78, 5) is 0. The second kappa shape index (κ2) is 8.32. The van der Waals surface area contributed by atoms with Crippen LogP contribution in [0.4, 0.5) is 0 Å². The Morgan fingerprint density at radius 2 is 1.71 bits per heavy atom. The van der Waals surface area contributed by atoms with Gasteiger partial charge in [-0.3, -0.25) is 0 Å². The van der Waals surface area contributed by atoms with Crippen LogP contribution in [0.15, 0.2) is 59.1 Å². The van der Waals surface area contributed by atoms with E-state index in [9.17, 15) is 0 Å². The zero-order chi connectivity index (χ0) is 15.1. The highest BCUT2D eigenvalue weighted by Gasteiger charge is 2.16. The number of hydrogen-bond acceptors (Lipinski definition) is 2. The summed E-state index contributed by atoms with van der Waals surface area (Å²) in [6.07, 6.45) is 1.73. The van der Waals surface area contributed by atoms with Crippen LogP contribution in [0.2, 0.25) is 0 Å². The van der Waals surface area contributed by atoms with Crippen molar-refractivity contribution in [1.29, 1.82) is 0 Å². The predicted molar refractivity (Wildman–Crippen MR) is 91.2 cm³/mol. The minimum atomic E-state index is 0.231. The topological polar surface area (TPSA) is 32.3 Å². The lowest BCUT2D eigenvalue weighted by molar-refractivity contribution is 0.272. The fourth-order valence-corrected chi connectivity index (χ4v) is 3.17. The third kappa shape index (κ3) is 4.67. The van der Waals surface area contributed by atoms with Gasteiger partial charge < -0.3 is 10.4 Å². The first-order chi connectivity index (χ1) is 10.2. The van der Waals surface area contributed by atoms with E-state index in [4.69, 9.17) is 5.11 Å². The van der Waals surface area contributed by atoms with Crippen LogP contribution in [0.3, 0.4) is 0 Å². The van der Waals surface area contributed by atoms with Crippen molar-refractivity contribution < 1.29 is 5.11 Å². The van der Waals surface area contributed by atoms with Crippen LogP contribution in [0.5, 0.6) is 0 Å². The standard InChI is InChI=1S/C18H22BrNO/c1-14(16-10-5-6-11-17(16)19)20-18(12-7-13-21)15-8-3-2-4-9-15/h2-6,8-11,14,18,20-21H,7,12-13H2,1H3. The molecule has 2 nitrogen and oxygen atoms in total. The highest BCUT2D eigenvalue weighted by atomic mass is 79.9. The second-order valence-electron chi connectivity index (χ2n) is 5.24. The maximum absolute atomic E-state index is 9.12. The predicted octanol–water partition coefficient (Wildman–Crippen LogP) is 4.61. The highest BCUT2D eigenvalue weighted by molar-refractivity contribution is 9.10. The van der Waals surface area contributed by atoms with Crippen LogP contribution >= 0.6 is 15.9 Å². The van der Waals surface area contributed by atoms with Crippen molar-refractivity contribution in [3.05, 3.63) is 70.2 Å². The molecule has 2 N–H and O–H groups in total. The first-order valence-electron chi connectivity index (χ1n) is 7.38. The zero-order valence-corrected chi connectivity index (χ0v) is 13.9. The summed E-state index contributed by atoms with van der Waals surface area (Å²) < 4.78 is 1.12. The maximum Gasteiger partial charge on any atom is 0.0431 e. The Morgan fingerprint density at radius 3 is 2.38 bits per heavy atom. The van der Waals surface area contributed by atoms with Gasteiger partial charge in [0.2, 0.25) is 0 Å². The molecule has 0 bridgehead atoms. The number of aliphatic hydroxyl groups is 1. The fourth-order valence-electron chi connectivity index (χ4n) is 2.54. The molecule has 2 atom stereocenters. The largest absolute Gasteiger partial charge is 0.396 e. The highest BCUT2D eigenvalue weighted by Crippen LogP contribution is 2.27. The Bertz CT molecular complexity index is 544. The van der Waals surface area contributed by atoms with Gasteiger partial charge in [0, 0.05) is 23.2 Å². The number of nitrogens with one attached hydrogen (secondary N) is 1. The van der Waals surface area contributed by atoms with Crippen LogP contribution in [-0.4, -0.2) is 11.7 Å². The van der Waals surface area contributed by atoms with Crippen molar-refractivity contribution in [3.63, 3.8) is 0 Å². The monoisotopic (exact) mass is 347 g/mol. The van der Waals surface area contributed by atoms with E-state index in [0.29, 0.717) is 0 Å². The molecule has 0 aliphatic carbocycles. The molecule has 2 rings (SSSR count). The molecule has 0 radical (unpaired) electrons. The van der Waals surface area contributed by atoms with Gasteiger partial charge in [0.05, 0.1) is 0 Å². The van der Waals surface area contributed by atoms with Crippen LogP contribution in [0.25, 0.3) is 0 Å². The lowest BCUT2D eigenvalue weighted by Gasteiger charge is -2.24. The van der Waals surface area contributed by atoms with Crippen LogP contribution < -0.4 is 5.32 Å². The summed E-state index contributed by atoms with van der Waals surface area (Å²) in [5, 5.41) is 12.8. The Balaban J connectivity index is 2.13. The van der Waals surface area contributed by atoms with Gasteiger partial charge in [0.1, 0.15) is 0 Å². The molecule has 0 saturated heterocycles. The number of aliphatic hydroxyl groups excluding tert-OH is 1. The molecule has 2 aromatic carbocycles. The Kier molecular flexibility index (Phi) is 6.43. The van der Waals surface area contributed by atoms with Gasteiger partial charge in [-0.15, -0.1) is 0 Å². The quantitative estimate of drug-likeness (QED) is 0.766. The van der Waals surface area contributed by atoms with Gasteiger partial charge in [-0.1, -0.05) is 64.5 Å². The summed E-state index contributed by atoms with van der Waals surface area (Å²) in [5.41, 5.74) is 2.52. The molecule has 21 heavy (non-hydrogen) atoms. The number of hydrogen-bond donors (Lipinski definition) is 2. The molecular formula is C18H22BrNO. The average Bonchev–Trinajstić information content (AvgIpc) is 2.52. The Labute approximate surface area is 135 Å². The van der Waals surface area contributed by atoms with Crippen LogP contribution in [0.1, 0.15) is 43.0 Å². The van der Waals surface area contributed by atoms with E-state index in [1.54, 1.807) is 0 Å². The summed E-state index contributed by atoms with van der Waals surface area (Å²) in [6.45, 7) is 2.41. The van der Waals surface area contributed by atoms with E-state index in [0.717, 1.165) is 17.3 Å². The molecule has 2 aromatic rings. The molecule has 0 aliphatic rings. The maximum atomic E-state index is 9.12. The van der Waals surface area contributed by atoms with Crippen molar-refractivity contribution in [3.8, 4) is 0 Å². The third-order valence-corrected chi connectivity index (χ3v) is 4.40. The van der Waals surface area contributed by atoms with Gasteiger partial charge in [-0.2, -0.15) is 0 Å². The number of halogens is 1. The Morgan fingerprint density at radius 1 is 1.05 bits per heavy atom. The SMILES string of the molecule is CC(NC(CCCO)c1ccccc1)c1ccccc1Br. The van der Waals surface area contributed by atoms with E-state index in [2.05, 4.69) is 70.6 Å². The lowest BCUT2D eigenvalue weighted by atomic mass is 9.99. The molecule has 0 spiro atoms. The van der Waals surface area contributed by atoms with Gasteiger partial charge >= 0.3 is 0 Å². The van der Waals surface area contributed by atoms with Crippen molar-refractivity contribution in [2.45, 2.75) is 31.8 Å².